The van der Waals surface area contributed by atoms with E-state index in [2.05, 4.69) is 26.0 Å². The highest BCUT2D eigenvalue weighted by atomic mass is 16.6. The summed E-state index contributed by atoms with van der Waals surface area (Å²) < 4.78 is 5.55. The topological polar surface area (TPSA) is 32.8 Å². The molecular weight excluding hydrogens is 260 g/mol. The first kappa shape index (κ1) is 16.4. The minimum atomic E-state index is 0.276. The number of hydrogen-bond acceptors (Lipinski definition) is 2. The predicted molar refractivity (Wildman–Crippen MR) is 87.8 cm³/mol. The molecule has 1 saturated heterocycles. The minimum absolute atomic E-state index is 0.276. The molecule has 2 atom stereocenters. The number of phenols is 1. The van der Waals surface area contributed by atoms with Crippen molar-refractivity contribution in [2.45, 2.75) is 76.7 Å². The van der Waals surface area contributed by atoms with E-state index in [0.29, 0.717) is 11.7 Å². The third-order valence-electron chi connectivity index (χ3n) is 4.99. The van der Waals surface area contributed by atoms with E-state index in [0.717, 1.165) is 6.61 Å². The Morgan fingerprint density at radius 2 is 1.76 bits per heavy atom. The highest BCUT2D eigenvalue weighted by molar-refractivity contribution is 5.28. The third kappa shape index (κ3) is 5.03. The van der Waals surface area contributed by atoms with Crippen molar-refractivity contribution in [3.63, 3.8) is 0 Å². The zero-order valence-corrected chi connectivity index (χ0v) is 13.6. The van der Waals surface area contributed by atoms with Crippen LogP contribution in [0.2, 0.25) is 0 Å². The predicted octanol–water partition coefficient (Wildman–Crippen LogP) is 5.41. The summed E-state index contributed by atoms with van der Waals surface area (Å²) in [6, 6.07) is 7.74. The molecule has 1 aromatic rings. The van der Waals surface area contributed by atoms with E-state index in [1.54, 1.807) is 12.1 Å². The average molecular weight is 290 g/mol. The summed E-state index contributed by atoms with van der Waals surface area (Å²) in [4.78, 5) is 0. The first-order valence-electron chi connectivity index (χ1n) is 8.62. The number of phenolic OH excluding ortho intramolecular Hbond substituents is 1. The number of hydrogen-bond donors (Lipinski definition) is 1. The van der Waals surface area contributed by atoms with Gasteiger partial charge in [0.1, 0.15) is 5.75 Å². The fourth-order valence-electron chi connectivity index (χ4n) is 3.17. The highest BCUT2D eigenvalue weighted by Crippen LogP contribution is 2.36. The number of aromatic hydroxyl groups is 1. The number of rotatable bonds is 10. The SMILES string of the molecule is CCC(CCCCCCC1(CC)CO1)c1ccc(O)cc1. The van der Waals surface area contributed by atoms with Crippen molar-refractivity contribution in [2.75, 3.05) is 6.61 Å². The van der Waals surface area contributed by atoms with Gasteiger partial charge in [-0.2, -0.15) is 0 Å². The van der Waals surface area contributed by atoms with E-state index in [-0.39, 0.29) is 5.60 Å². The van der Waals surface area contributed by atoms with Crippen molar-refractivity contribution < 1.29 is 9.84 Å². The molecule has 1 aromatic carbocycles. The van der Waals surface area contributed by atoms with Crippen molar-refractivity contribution in [1.82, 2.24) is 0 Å². The second-order valence-corrected chi connectivity index (χ2v) is 6.47. The van der Waals surface area contributed by atoms with Crippen LogP contribution in [0.5, 0.6) is 5.75 Å². The molecule has 1 aliphatic heterocycles. The molecule has 0 radical (unpaired) electrons. The van der Waals surface area contributed by atoms with Crippen LogP contribution >= 0.6 is 0 Å². The Labute approximate surface area is 129 Å². The molecule has 2 nitrogen and oxygen atoms in total. The normalized spacial score (nSPS) is 22.2. The van der Waals surface area contributed by atoms with Crippen molar-refractivity contribution in [3.05, 3.63) is 29.8 Å². The van der Waals surface area contributed by atoms with E-state index in [1.807, 2.05) is 0 Å². The molecule has 0 saturated carbocycles. The molecule has 2 unspecified atom stereocenters. The first-order chi connectivity index (χ1) is 10.2. The molecule has 1 N–H and O–H groups in total. The second-order valence-electron chi connectivity index (χ2n) is 6.47. The van der Waals surface area contributed by atoms with Gasteiger partial charge in [0.2, 0.25) is 0 Å². The molecule has 0 aromatic heterocycles. The fourth-order valence-corrected chi connectivity index (χ4v) is 3.17. The standard InChI is InChI=1S/C19H30O2/c1-3-16(17-10-12-18(20)13-11-17)9-7-5-6-8-14-19(4-2)15-21-19/h10-13,16,20H,3-9,14-15H2,1-2H3. The Kier molecular flexibility index (Phi) is 6.10. The Balaban J connectivity index is 1.61. The molecule has 21 heavy (non-hydrogen) atoms. The fraction of sp³-hybridized carbons (Fsp3) is 0.684. The van der Waals surface area contributed by atoms with Crippen LogP contribution in [0.4, 0.5) is 0 Å². The summed E-state index contributed by atoms with van der Waals surface area (Å²) in [6.07, 6.45) is 10.1. The lowest BCUT2D eigenvalue weighted by Crippen LogP contribution is -2.08. The summed E-state index contributed by atoms with van der Waals surface area (Å²) in [5, 5.41) is 9.37. The minimum Gasteiger partial charge on any atom is -0.508 e. The molecule has 1 fully saturated rings. The molecule has 1 heterocycles. The molecule has 0 bridgehead atoms. The van der Waals surface area contributed by atoms with E-state index in [9.17, 15) is 5.11 Å². The van der Waals surface area contributed by atoms with Gasteiger partial charge >= 0.3 is 0 Å². The van der Waals surface area contributed by atoms with E-state index >= 15 is 0 Å². The zero-order valence-electron chi connectivity index (χ0n) is 13.6. The Hall–Kier alpha value is -1.02. The van der Waals surface area contributed by atoms with Crippen LogP contribution in [0, 0.1) is 0 Å². The molecule has 0 amide bonds. The summed E-state index contributed by atoms with van der Waals surface area (Å²) in [7, 11) is 0. The number of unbranched alkanes of at least 4 members (excludes halogenated alkanes) is 3. The monoisotopic (exact) mass is 290 g/mol. The van der Waals surface area contributed by atoms with Crippen LogP contribution < -0.4 is 0 Å². The number of benzene rings is 1. The van der Waals surface area contributed by atoms with Gasteiger partial charge in [-0.15, -0.1) is 0 Å². The smallest absolute Gasteiger partial charge is 0.115 e. The summed E-state index contributed by atoms with van der Waals surface area (Å²) in [6.45, 7) is 5.48. The molecule has 118 valence electrons. The lowest BCUT2D eigenvalue weighted by molar-refractivity contribution is 0.274. The Morgan fingerprint density at radius 3 is 2.33 bits per heavy atom. The van der Waals surface area contributed by atoms with Gasteiger partial charge < -0.3 is 9.84 Å². The quantitative estimate of drug-likeness (QED) is 0.462. The third-order valence-corrected chi connectivity index (χ3v) is 4.99. The number of ether oxygens (including phenoxy) is 1. The number of epoxide rings is 1. The van der Waals surface area contributed by atoms with Gasteiger partial charge in [0.15, 0.2) is 0 Å². The lowest BCUT2D eigenvalue weighted by Gasteiger charge is -2.15. The van der Waals surface area contributed by atoms with E-state index < -0.39 is 0 Å². The van der Waals surface area contributed by atoms with Gasteiger partial charge in [-0.3, -0.25) is 0 Å². The van der Waals surface area contributed by atoms with Gasteiger partial charge in [0.25, 0.3) is 0 Å². The van der Waals surface area contributed by atoms with Crippen LogP contribution in [0.25, 0.3) is 0 Å². The second kappa shape index (κ2) is 7.84. The summed E-state index contributed by atoms with van der Waals surface area (Å²) in [5.41, 5.74) is 1.64. The van der Waals surface area contributed by atoms with Crippen LogP contribution in [-0.4, -0.2) is 17.3 Å². The van der Waals surface area contributed by atoms with Crippen molar-refractivity contribution in [1.29, 1.82) is 0 Å². The van der Waals surface area contributed by atoms with Gasteiger partial charge in [-0.05, 0) is 49.3 Å². The van der Waals surface area contributed by atoms with Crippen molar-refractivity contribution in [2.24, 2.45) is 0 Å². The van der Waals surface area contributed by atoms with Gasteiger partial charge in [-0.1, -0.05) is 51.7 Å². The van der Waals surface area contributed by atoms with Crippen LogP contribution in [0.1, 0.15) is 76.7 Å². The van der Waals surface area contributed by atoms with Crippen molar-refractivity contribution >= 4 is 0 Å². The highest BCUT2D eigenvalue weighted by Gasteiger charge is 2.41. The zero-order chi connectivity index (χ0) is 15.1. The largest absolute Gasteiger partial charge is 0.508 e. The van der Waals surface area contributed by atoms with Gasteiger partial charge in [-0.25, -0.2) is 0 Å². The summed E-state index contributed by atoms with van der Waals surface area (Å²) >= 11 is 0. The maximum Gasteiger partial charge on any atom is 0.115 e. The molecule has 1 aliphatic rings. The first-order valence-corrected chi connectivity index (χ1v) is 8.62. The maximum absolute atomic E-state index is 9.37. The Morgan fingerprint density at radius 1 is 1.10 bits per heavy atom. The molecule has 2 heteroatoms. The average Bonchev–Trinajstić information content (AvgIpc) is 3.28. The van der Waals surface area contributed by atoms with Crippen LogP contribution in [0.3, 0.4) is 0 Å². The lowest BCUT2D eigenvalue weighted by atomic mass is 9.90. The molecule has 0 spiro atoms. The Bertz CT molecular complexity index is 406. The molecule has 2 rings (SSSR count). The molecule has 0 aliphatic carbocycles. The van der Waals surface area contributed by atoms with Crippen LogP contribution in [0.15, 0.2) is 24.3 Å². The maximum atomic E-state index is 9.37. The van der Waals surface area contributed by atoms with Gasteiger partial charge in [0.05, 0.1) is 12.2 Å². The van der Waals surface area contributed by atoms with E-state index in [4.69, 9.17) is 4.74 Å². The summed E-state index contributed by atoms with van der Waals surface area (Å²) in [5.74, 6) is 1.00. The van der Waals surface area contributed by atoms with E-state index in [1.165, 1.54) is 56.9 Å². The van der Waals surface area contributed by atoms with Gasteiger partial charge in [0, 0.05) is 0 Å². The molecular formula is C19H30O2. The van der Waals surface area contributed by atoms with Crippen molar-refractivity contribution in [3.8, 4) is 5.75 Å². The van der Waals surface area contributed by atoms with Crippen LogP contribution in [-0.2, 0) is 4.74 Å².